The average Bonchev–Trinajstić information content (AvgIpc) is 2.88. The molecule has 0 amide bonds. The Kier molecular flexibility index (Phi) is 6.46. The second-order valence-electron chi connectivity index (χ2n) is 7.32. The molecule has 2 aliphatic rings. The SMILES string of the molecule is C=CCC(N)(N)C(=O)OC1(C)C=CCC=C(OC2COC(=O)C2O)C(C)C1. The van der Waals surface area contributed by atoms with Gasteiger partial charge in [0, 0.05) is 18.8 Å². The van der Waals surface area contributed by atoms with Crippen LogP contribution in [-0.4, -0.2) is 47.1 Å². The Morgan fingerprint density at radius 3 is 2.85 bits per heavy atom. The normalized spacial score (nSPS) is 31.4. The molecular formula is C19H28N2O6. The number of aliphatic hydroxyl groups is 1. The van der Waals surface area contributed by atoms with E-state index in [1.54, 1.807) is 13.0 Å². The van der Waals surface area contributed by atoms with Crippen molar-refractivity contribution in [3.8, 4) is 0 Å². The number of cyclic esters (lactones) is 1. The van der Waals surface area contributed by atoms with E-state index in [0.717, 1.165) is 0 Å². The van der Waals surface area contributed by atoms with E-state index in [2.05, 4.69) is 6.58 Å². The Balaban J connectivity index is 2.09. The minimum Gasteiger partial charge on any atom is -0.488 e. The number of nitrogens with two attached hydrogens (primary N) is 2. The predicted octanol–water partition coefficient (Wildman–Crippen LogP) is 0.651. The van der Waals surface area contributed by atoms with E-state index in [1.807, 2.05) is 19.1 Å². The summed E-state index contributed by atoms with van der Waals surface area (Å²) >= 11 is 0. The first-order valence-electron chi connectivity index (χ1n) is 8.89. The van der Waals surface area contributed by atoms with Crippen LogP contribution >= 0.6 is 0 Å². The third-order valence-electron chi connectivity index (χ3n) is 4.58. The van der Waals surface area contributed by atoms with Crippen molar-refractivity contribution in [2.75, 3.05) is 6.61 Å². The van der Waals surface area contributed by atoms with E-state index in [4.69, 9.17) is 25.7 Å². The number of allylic oxidation sites excluding steroid dienone is 3. The number of ether oxygens (including phenoxy) is 3. The molecular weight excluding hydrogens is 352 g/mol. The van der Waals surface area contributed by atoms with Gasteiger partial charge in [0.15, 0.2) is 17.9 Å². The first kappa shape index (κ1) is 21.1. The summed E-state index contributed by atoms with van der Waals surface area (Å²) in [7, 11) is 0. The van der Waals surface area contributed by atoms with Gasteiger partial charge in [-0.25, -0.2) is 9.59 Å². The van der Waals surface area contributed by atoms with Gasteiger partial charge in [0.25, 0.3) is 0 Å². The number of esters is 2. The molecule has 4 atom stereocenters. The third-order valence-corrected chi connectivity index (χ3v) is 4.58. The van der Waals surface area contributed by atoms with Gasteiger partial charge in [0.2, 0.25) is 0 Å². The molecule has 0 bridgehead atoms. The smallest absolute Gasteiger partial charge is 0.342 e. The molecule has 4 unspecified atom stereocenters. The number of carbonyl (C=O) groups is 2. The maximum absolute atomic E-state index is 12.4. The molecule has 0 aromatic rings. The van der Waals surface area contributed by atoms with E-state index in [0.29, 0.717) is 18.6 Å². The average molecular weight is 380 g/mol. The fourth-order valence-electron chi connectivity index (χ4n) is 3.11. The predicted molar refractivity (Wildman–Crippen MR) is 97.9 cm³/mol. The van der Waals surface area contributed by atoms with Crippen molar-refractivity contribution in [3.63, 3.8) is 0 Å². The molecule has 1 heterocycles. The highest BCUT2D eigenvalue weighted by Crippen LogP contribution is 2.32. The van der Waals surface area contributed by atoms with Crippen LogP contribution in [-0.2, 0) is 23.8 Å². The molecule has 0 radical (unpaired) electrons. The highest BCUT2D eigenvalue weighted by molar-refractivity contribution is 5.80. The first-order valence-corrected chi connectivity index (χ1v) is 8.89. The number of hydrogen-bond acceptors (Lipinski definition) is 8. The van der Waals surface area contributed by atoms with Gasteiger partial charge in [-0.1, -0.05) is 19.1 Å². The number of carbonyl (C=O) groups excluding carboxylic acids is 2. The molecule has 27 heavy (non-hydrogen) atoms. The summed E-state index contributed by atoms with van der Waals surface area (Å²) in [6, 6.07) is 0. The Hall–Kier alpha value is -2.16. The molecule has 0 aromatic carbocycles. The highest BCUT2D eigenvalue weighted by atomic mass is 16.6. The summed E-state index contributed by atoms with van der Waals surface area (Å²) in [5.74, 6) is -0.969. The number of hydrogen-bond donors (Lipinski definition) is 3. The maximum Gasteiger partial charge on any atom is 0.342 e. The quantitative estimate of drug-likeness (QED) is 0.347. The minimum atomic E-state index is -1.65. The van der Waals surface area contributed by atoms with Crippen LogP contribution in [0, 0.1) is 5.92 Å². The van der Waals surface area contributed by atoms with Crippen molar-refractivity contribution in [1.82, 2.24) is 0 Å². The van der Waals surface area contributed by atoms with Gasteiger partial charge < -0.3 is 30.8 Å². The molecule has 0 saturated carbocycles. The lowest BCUT2D eigenvalue weighted by Crippen LogP contribution is -2.58. The van der Waals surface area contributed by atoms with Crippen LogP contribution in [0.25, 0.3) is 0 Å². The summed E-state index contributed by atoms with van der Waals surface area (Å²) in [6.45, 7) is 7.21. The first-order chi connectivity index (χ1) is 12.6. The molecule has 1 aliphatic carbocycles. The highest BCUT2D eigenvalue weighted by Gasteiger charge is 2.40. The van der Waals surface area contributed by atoms with E-state index in [-0.39, 0.29) is 18.9 Å². The van der Waals surface area contributed by atoms with Crippen molar-refractivity contribution in [2.45, 2.75) is 56.6 Å². The van der Waals surface area contributed by atoms with Crippen LogP contribution in [0.5, 0.6) is 0 Å². The summed E-state index contributed by atoms with van der Waals surface area (Å²) in [6.07, 6.45) is 5.94. The van der Waals surface area contributed by atoms with Gasteiger partial charge in [-0.2, -0.15) is 0 Å². The maximum atomic E-state index is 12.4. The summed E-state index contributed by atoms with van der Waals surface area (Å²) in [5.41, 5.74) is 9.04. The molecule has 1 saturated heterocycles. The largest absolute Gasteiger partial charge is 0.488 e. The summed E-state index contributed by atoms with van der Waals surface area (Å²) < 4.78 is 16.2. The Labute approximate surface area is 158 Å². The molecule has 150 valence electrons. The van der Waals surface area contributed by atoms with Crippen LogP contribution < -0.4 is 11.5 Å². The van der Waals surface area contributed by atoms with Crippen molar-refractivity contribution in [1.29, 1.82) is 0 Å². The minimum absolute atomic E-state index is 0.00340. The molecule has 1 aliphatic heterocycles. The van der Waals surface area contributed by atoms with E-state index >= 15 is 0 Å². The third kappa shape index (κ3) is 5.18. The second-order valence-corrected chi connectivity index (χ2v) is 7.32. The fraction of sp³-hybridized carbons (Fsp3) is 0.579. The van der Waals surface area contributed by atoms with Crippen LogP contribution in [0.2, 0.25) is 0 Å². The van der Waals surface area contributed by atoms with Gasteiger partial charge in [-0.05, 0) is 25.5 Å². The van der Waals surface area contributed by atoms with Crippen LogP contribution in [0.1, 0.15) is 33.1 Å². The molecule has 1 fully saturated rings. The van der Waals surface area contributed by atoms with Crippen LogP contribution in [0.4, 0.5) is 0 Å². The molecule has 8 nitrogen and oxygen atoms in total. The van der Waals surface area contributed by atoms with Crippen molar-refractivity contribution >= 4 is 11.9 Å². The molecule has 8 heteroatoms. The Morgan fingerprint density at radius 1 is 1.56 bits per heavy atom. The zero-order valence-electron chi connectivity index (χ0n) is 15.7. The lowest BCUT2D eigenvalue weighted by atomic mass is 9.88. The molecule has 5 N–H and O–H groups in total. The Morgan fingerprint density at radius 2 is 2.26 bits per heavy atom. The van der Waals surface area contributed by atoms with E-state index in [9.17, 15) is 14.7 Å². The lowest BCUT2D eigenvalue weighted by Gasteiger charge is -2.34. The zero-order chi connectivity index (χ0) is 20.2. The van der Waals surface area contributed by atoms with Gasteiger partial charge in [-0.15, -0.1) is 6.58 Å². The molecule has 2 rings (SSSR count). The van der Waals surface area contributed by atoms with Crippen molar-refractivity contribution in [2.24, 2.45) is 17.4 Å². The second kappa shape index (κ2) is 8.24. The summed E-state index contributed by atoms with van der Waals surface area (Å²) in [4.78, 5) is 23.7. The van der Waals surface area contributed by atoms with E-state index in [1.165, 1.54) is 6.08 Å². The van der Waals surface area contributed by atoms with Gasteiger partial charge >= 0.3 is 11.9 Å². The van der Waals surface area contributed by atoms with Crippen LogP contribution in [0.3, 0.4) is 0 Å². The zero-order valence-corrected chi connectivity index (χ0v) is 15.7. The van der Waals surface area contributed by atoms with Gasteiger partial charge in [0.05, 0.1) is 5.76 Å². The number of aliphatic hydroxyl groups excluding tert-OH is 1. The molecule has 0 aromatic heterocycles. The van der Waals surface area contributed by atoms with Crippen molar-refractivity contribution < 1.29 is 28.9 Å². The standard InChI is InChI=1S/C19H28N2O6/c1-4-8-19(20,21)17(24)27-18(3)9-6-5-7-13(12(2)10-18)26-14-11-25-16(23)15(14)22/h4,6-7,9,12,14-15,22H,1,5,8,10-11,20-21H2,2-3H3. The lowest BCUT2D eigenvalue weighted by molar-refractivity contribution is -0.161. The van der Waals surface area contributed by atoms with Gasteiger partial charge in [-0.3, -0.25) is 0 Å². The van der Waals surface area contributed by atoms with Crippen molar-refractivity contribution in [3.05, 3.63) is 36.6 Å². The van der Waals surface area contributed by atoms with E-state index < -0.39 is 35.4 Å². The van der Waals surface area contributed by atoms with Crippen LogP contribution in [0.15, 0.2) is 36.6 Å². The summed E-state index contributed by atoms with van der Waals surface area (Å²) in [5, 5.41) is 9.82. The van der Waals surface area contributed by atoms with Gasteiger partial charge in [0.1, 0.15) is 12.2 Å². The Bertz CT molecular complexity index is 657. The monoisotopic (exact) mass is 380 g/mol. The number of rotatable bonds is 6. The topological polar surface area (TPSA) is 134 Å². The fourth-order valence-corrected chi connectivity index (χ4v) is 3.11. The molecule has 0 spiro atoms.